The highest BCUT2D eigenvalue weighted by atomic mass is 16.3. The predicted octanol–water partition coefficient (Wildman–Crippen LogP) is 5.03. The van der Waals surface area contributed by atoms with Crippen LogP contribution in [0.2, 0.25) is 0 Å². The molecule has 0 bridgehead atoms. The van der Waals surface area contributed by atoms with Gasteiger partial charge in [0.05, 0.1) is 6.10 Å². The van der Waals surface area contributed by atoms with Gasteiger partial charge in [0.25, 0.3) is 0 Å². The quantitative estimate of drug-likeness (QED) is 0.760. The number of rotatable bonds is 6. The molecule has 1 nitrogen and oxygen atoms in total. The monoisotopic (exact) mass is 260 g/mol. The van der Waals surface area contributed by atoms with Crippen LogP contribution in [0.3, 0.4) is 0 Å². The molecule has 0 aliphatic heterocycles. The fourth-order valence-corrected chi connectivity index (χ4v) is 3.16. The van der Waals surface area contributed by atoms with E-state index in [9.17, 15) is 5.11 Å². The minimum absolute atomic E-state index is 0.261. The standard InChI is InChI=1S/C18H28O/c1-2-3-7-15-10-12-17(13-11-15)18(19)14-16-8-5-4-6-9-16/h10-13,16,18-19H,2-9,14H2,1H3. The molecule has 2 rings (SSSR count). The van der Waals surface area contributed by atoms with Gasteiger partial charge in [0.2, 0.25) is 0 Å². The summed E-state index contributed by atoms with van der Waals surface area (Å²) < 4.78 is 0. The van der Waals surface area contributed by atoms with Crippen molar-refractivity contribution in [3.63, 3.8) is 0 Å². The van der Waals surface area contributed by atoms with Gasteiger partial charge in [-0.1, -0.05) is 69.7 Å². The zero-order valence-corrected chi connectivity index (χ0v) is 12.3. The highest BCUT2D eigenvalue weighted by Gasteiger charge is 2.18. The van der Waals surface area contributed by atoms with Gasteiger partial charge >= 0.3 is 0 Å². The molecular weight excluding hydrogens is 232 g/mol. The average Bonchev–Trinajstić information content (AvgIpc) is 2.46. The molecule has 1 atom stereocenters. The summed E-state index contributed by atoms with van der Waals surface area (Å²) in [5.74, 6) is 0.739. The Morgan fingerprint density at radius 2 is 1.79 bits per heavy atom. The zero-order chi connectivity index (χ0) is 13.5. The van der Waals surface area contributed by atoms with E-state index >= 15 is 0 Å². The van der Waals surface area contributed by atoms with Crippen LogP contribution in [0.4, 0.5) is 0 Å². The zero-order valence-electron chi connectivity index (χ0n) is 12.3. The first-order valence-corrected chi connectivity index (χ1v) is 8.06. The SMILES string of the molecule is CCCCc1ccc(C(O)CC2CCCCC2)cc1. The van der Waals surface area contributed by atoms with E-state index in [1.54, 1.807) is 0 Å². The largest absolute Gasteiger partial charge is 0.388 e. The second-order valence-electron chi connectivity index (χ2n) is 6.10. The molecule has 1 heteroatoms. The number of benzene rings is 1. The number of hydrogen-bond acceptors (Lipinski definition) is 1. The molecule has 1 N–H and O–H groups in total. The molecule has 1 fully saturated rings. The van der Waals surface area contributed by atoms with Crippen molar-refractivity contribution in [1.82, 2.24) is 0 Å². The molecule has 1 unspecified atom stereocenters. The van der Waals surface area contributed by atoms with E-state index in [-0.39, 0.29) is 6.10 Å². The van der Waals surface area contributed by atoms with E-state index in [0.29, 0.717) is 0 Å². The molecule has 1 aromatic rings. The lowest BCUT2D eigenvalue weighted by Crippen LogP contribution is -2.11. The molecule has 0 aromatic heterocycles. The van der Waals surface area contributed by atoms with Crippen LogP contribution in [0, 0.1) is 5.92 Å². The molecule has 0 radical (unpaired) electrons. The van der Waals surface area contributed by atoms with Gasteiger partial charge in [0, 0.05) is 0 Å². The molecule has 1 aliphatic rings. The van der Waals surface area contributed by atoms with Crippen molar-refractivity contribution in [3.05, 3.63) is 35.4 Å². The molecule has 0 spiro atoms. The molecule has 0 saturated heterocycles. The minimum atomic E-state index is -0.261. The van der Waals surface area contributed by atoms with Crippen molar-refractivity contribution < 1.29 is 5.11 Å². The molecule has 1 aliphatic carbocycles. The summed E-state index contributed by atoms with van der Waals surface area (Å²) in [6.07, 6.45) is 11.1. The Labute approximate surface area is 118 Å². The van der Waals surface area contributed by atoms with Crippen LogP contribution in [0.25, 0.3) is 0 Å². The third kappa shape index (κ3) is 4.65. The van der Waals surface area contributed by atoms with Crippen LogP contribution in [0.15, 0.2) is 24.3 Å². The summed E-state index contributed by atoms with van der Waals surface area (Å²) in [5.41, 5.74) is 2.50. The molecular formula is C18H28O. The third-order valence-electron chi connectivity index (χ3n) is 4.46. The second-order valence-corrected chi connectivity index (χ2v) is 6.10. The lowest BCUT2D eigenvalue weighted by molar-refractivity contribution is 0.131. The molecule has 0 amide bonds. The average molecular weight is 260 g/mol. The topological polar surface area (TPSA) is 20.2 Å². The van der Waals surface area contributed by atoms with Gasteiger partial charge < -0.3 is 5.11 Å². The van der Waals surface area contributed by atoms with E-state index < -0.39 is 0 Å². The lowest BCUT2D eigenvalue weighted by Gasteiger charge is -2.24. The van der Waals surface area contributed by atoms with E-state index in [1.165, 1.54) is 50.5 Å². The normalized spacial score (nSPS) is 18.4. The molecule has 0 heterocycles. The van der Waals surface area contributed by atoms with Crippen molar-refractivity contribution in [2.24, 2.45) is 5.92 Å². The third-order valence-corrected chi connectivity index (χ3v) is 4.46. The number of aliphatic hydroxyl groups excluding tert-OH is 1. The Balaban J connectivity index is 1.85. The van der Waals surface area contributed by atoms with Gasteiger partial charge in [-0.25, -0.2) is 0 Å². The molecule has 19 heavy (non-hydrogen) atoms. The number of aliphatic hydroxyl groups is 1. The highest BCUT2D eigenvalue weighted by Crippen LogP contribution is 2.31. The van der Waals surface area contributed by atoms with Crippen LogP contribution >= 0.6 is 0 Å². The fourth-order valence-electron chi connectivity index (χ4n) is 3.16. The first-order chi connectivity index (χ1) is 9.29. The number of aryl methyl sites for hydroxylation is 1. The van der Waals surface area contributed by atoms with E-state index in [2.05, 4.69) is 31.2 Å². The maximum absolute atomic E-state index is 10.3. The van der Waals surface area contributed by atoms with Crippen LogP contribution in [-0.2, 0) is 6.42 Å². The van der Waals surface area contributed by atoms with E-state index in [0.717, 1.165) is 24.3 Å². The summed E-state index contributed by atoms with van der Waals surface area (Å²) in [6.45, 7) is 2.22. The van der Waals surface area contributed by atoms with Crippen molar-refractivity contribution in [3.8, 4) is 0 Å². The van der Waals surface area contributed by atoms with Crippen LogP contribution in [-0.4, -0.2) is 5.11 Å². The Bertz CT molecular complexity index is 348. The maximum Gasteiger partial charge on any atom is 0.0792 e. The van der Waals surface area contributed by atoms with E-state index in [4.69, 9.17) is 0 Å². The molecule has 1 saturated carbocycles. The molecule has 1 aromatic carbocycles. The fraction of sp³-hybridized carbons (Fsp3) is 0.667. The first kappa shape index (κ1) is 14.6. The summed E-state index contributed by atoms with van der Waals surface area (Å²) in [7, 11) is 0. The van der Waals surface area contributed by atoms with Gasteiger partial charge in [-0.2, -0.15) is 0 Å². The maximum atomic E-state index is 10.3. The summed E-state index contributed by atoms with van der Waals surface area (Å²) in [4.78, 5) is 0. The van der Waals surface area contributed by atoms with Crippen LogP contribution in [0.1, 0.15) is 75.5 Å². The lowest BCUT2D eigenvalue weighted by atomic mass is 9.84. The Hall–Kier alpha value is -0.820. The molecule has 106 valence electrons. The van der Waals surface area contributed by atoms with Crippen molar-refractivity contribution in [1.29, 1.82) is 0 Å². The van der Waals surface area contributed by atoms with Gasteiger partial charge in [0.15, 0.2) is 0 Å². The van der Waals surface area contributed by atoms with E-state index in [1.807, 2.05) is 0 Å². The second kappa shape index (κ2) is 7.69. The van der Waals surface area contributed by atoms with Crippen molar-refractivity contribution in [2.75, 3.05) is 0 Å². The van der Waals surface area contributed by atoms with Gasteiger partial charge in [0.1, 0.15) is 0 Å². The van der Waals surface area contributed by atoms with Crippen LogP contribution in [0.5, 0.6) is 0 Å². The first-order valence-electron chi connectivity index (χ1n) is 8.06. The Morgan fingerprint density at radius 1 is 1.11 bits per heavy atom. The predicted molar refractivity (Wildman–Crippen MR) is 81.2 cm³/mol. The van der Waals surface area contributed by atoms with Gasteiger partial charge in [-0.3, -0.25) is 0 Å². The summed E-state index contributed by atoms with van der Waals surface area (Å²) in [5, 5.41) is 10.3. The number of hydrogen-bond donors (Lipinski definition) is 1. The minimum Gasteiger partial charge on any atom is -0.388 e. The van der Waals surface area contributed by atoms with Crippen molar-refractivity contribution in [2.45, 2.75) is 70.8 Å². The van der Waals surface area contributed by atoms with Crippen LogP contribution < -0.4 is 0 Å². The Kier molecular flexibility index (Phi) is 5.91. The van der Waals surface area contributed by atoms with Gasteiger partial charge in [-0.05, 0) is 36.3 Å². The van der Waals surface area contributed by atoms with Crippen molar-refractivity contribution >= 4 is 0 Å². The summed E-state index contributed by atoms with van der Waals surface area (Å²) in [6, 6.07) is 8.63. The Morgan fingerprint density at radius 3 is 2.42 bits per heavy atom. The van der Waals surface area contributed by atoms with Gasteiger partial charge in [-0.15, -0.1) is 0 Å². The number of unbranched alkanes of at least 4 members (excludes halogenated alkanes) is 1. The highest BCUT2D eigenvalue weighted by molar-refractivity contribution is 5.24. The smallest absolute Gasteiger partial charge is 0.0792 e. The summed E-state index contributed by atoms with van der Waals surface area (Å²) >= 11 is 0.